The van der Waals surface area contributed by atoms with Gasteiger partial charge in [0.2, 0.25) is 5.91 Å². The van der Waals surface area contributed by atoms with E-state index in [0.717, 1.165) is 16.3 Å². The Balaban J connectivity index is 2.44. The summed E-state index contributed by atoms with van der Waals surface area (Å²) < 4.78 is 5.00. The summed E-state index contributed by atoms with van der Waals surface area (Å²) in [7, 11) is 1.66. The summed E-state index contributed by atoms with van der Waals surface area (Å²) in [4.78, 5) is 43.0. The maximum absolute atomic E-state index is 12.7. The second-order valence-electron chi connectivity index (χ2n) is 9.18. The van der Waals surface area contributed by atoms with E-state index in [1.807, 2.05) is 39.2 Å². The van der Waals surface area contributed by atoms with Gasteiger partial charge in [0.15, 0.2) is 0 Å². The Morgan fingerprint density at radius 2 is 1.91 bits per heavy atom. The molecule has 0 aliphatic heterocycles. The summed E-state index contributed by atoms with van der Waals surface area (Å²) in [5.41, 5.74) is 1.73. The van der Waals surface area contributed by atoms with Gasteiger partial charge < -0.3 is 30.7 Å². The van der Waals surface area contributed by atoms with Gasteiger partial charge in [-0.2, -0.15) is 0 Å². The van der Waals surface area contributed by atoms with E-state index in [1.165, 1.54) is 4.90 Å². The number of carbonyl (C=O) groups excluding carboxylic acids is 3. The van der Waals surface area contributed by atoms with Crippen LogP contribution < -0.4 is 16.0 Å². The number of ether oxygens (including phenoxy) is 1. The third kappa shape index (κ3) is 11.5. The van der Waals surface area contributed by atoms with Crippen LogP contribution in [-0.4, -0.2) is 71.9 Å². The van der Waals surface area contributed by atoms with Crippen molar-refractivity contribution in [3.05, 3.63) is 27.7 Å². The molecule has 1 aromatic rings. The number of carbonyl (C=O) groups is 3. The zero-order chi connectivity index (χ0) is 26.5. The number of aliphatic hydroxyl groups excluding tert-OH is 1. The lowest BCUT2D eigenvalue weighted by Gasteiger charge is -2.25. The van der Waals surface area contributed by atoms with Gasteiger partial charge in [-0.05, 0) is 31.8 Å². The highest BCUT2D eigenvalue weighted by molar-refractivity contribution is 7.09. The number of rotatable bonds is 13. The molecule has 0 aromatic carbocycles. The fourth-order valence-corrected chi connectivity index (χ4v) is 3.67. The van der Waals surface area contributed by atoms with Gasteiger partial charge in [-0.1, -0.05) is 33.8 Å². The number of alkyl carbamates (subject to hydrolysis) is 1. The first-order chi connectivity index (χ1) is 16.4. The number of thiazole rings is 1. The lowest BCUT2D eigenvalue weighted by Crippen LogP contribution is -2.53. The van der Waals surface area contributed by atoms with Gasteiger partial charge in [-0.15, -0.1) is 11.3 Å². The van der Waals surface area contributed by atoms with Gasteiger partial charge >= 0.3 is 12.1 Å². The molecule has 11 heteroatoms. The van der Waals surface area contributed by atoms with Crippen LogP contribution in [0.2, 0.25) is 0 Å². The smallest absolute Gasteiger partial charge is 0.407 e. The maximum atomic E-state index is 12.7. The van der Waals surface area contributed by atoms with Crippen LogP contribution in [0.4, 0.5) is 9.59 Å². The lowest BCUT2D eigenvalue weighted by molar-refractivity contribution is -0.124. The Labute approximate surface area is 212 Å². The average molecular weight is 512 g/mol. The van der Waals surface area contributed by atoms with Crippen molar-refractivity contribution < 1.29 is 24.2 Å². The Bertz CT molecular complexity index is 855. The molecule has 4 amide bonds. The summed E-state index contributed by atoms with van der Waals surface area (Å²) in [6, 6.07) is -1.10. The summed E-state index contributed by atoms with van der Waals surface area (Å²) in [5.74, 6) is -0.141. The molecular weight excluding hydrogens is 470 g/mol. The number of allylic oxidation sites excluding steroid dienone is 1. The molecule has 2 unspecified atom stereocenters. The monoisotopic (exact) mass is 511 g/mol. The topological polar surface area (TPSA) is 133 Å². The van der Waals surface area contributed by atoms with Gasteiger partial charge in [0.05, 0.1) is 23.4 Å². The molecule has 0 spiro atoms. The standard InChI is InChI=1S/C24H41N5O5S/c1-8-17(6)13-34-24(33)26-11-19(30)9-10-25-21(31)20(15(2)3)28-23(32)29(7)12-18-14-35-22(27-18)16(4)5/h8,14-16,19-20,30H,9-13H2,1-7H3,(H,25,31)(H,26,33)(H,28,32)/b17-8+. The second-order valence-corrected chi connectivity index (χ2v) is 10.1. The molecule has 0 bridgehead atoms. The molecule has 0 saturated heterocycles. The van der Waals surface area contributed by atoms with Crippen molar-refractivity contribution in [3.8, 4) is 0 Å². The number of aliphatic hydroxyl groups is 1. The fraction of sp³-hybridized carbons (Fsp3) is 0.667. The van der Waals surface area contributed by atoms with Crippen LogP contribution in [0.1, 0.15) is 64.6 Å². The number of hydrogen-bond acceptors (Lipinski definition) is 7. The van der Waals surface area contributed by atoms with Crippen molar-refractivity contribution in [2.24, 2.45) is 5.92 Å². The minimum Gasteiger partial charge on any atom is -0.445 e. The number of nitrogens with one attached hydrogen (secondary N) is 3. The van der Waals surface area contributed by atoms with E-state index in [4.69, 9.17) is 4.74 Å². The molecular formula is C24H41N5O5S. The lowest BCUT2D eigenvalue weighted by atomic mass is 10.0. The Kier molecular flexibility index (Phi) is 13.3. The van der Waals surface area contributed by atoms with Crippen LogP contribution in [0.15, 0.2) is 17.0 Å². The molecule has 0 fully saturated rings. The first-order valence-electron chi connectivity index (χ1n) is 11.9. The van der Waals surface area contributed by atoms with Crippen molar-refractivity contribution in [3.63, 3.8) is 0 Å². The fourth-order valence-electron chi connectivity index (χ4n) is 2.84. The SMILES string of the molecule is C/C=C(\C)COC(=O)NCC(O)CCNC(=O)C(NC(=O)N(C)Cc1csc(C(C)C)n1)C(C)C. The van der Waals surface area contributed by atoms with E-state index < -0.39 is 18.2 Å². The summed E-state index contributed by atoms with van der Waals surface area (Å²) in [6.07, 6.45) is 0.622. The van der Waals surface area contributed by atoms with Crippen LogP contribution in [0.25, 0.3) is 0 Å². The van der Waals surface area contributed by atoms with Crippen LogP contribution in [0.5, 0.6) is 0 Å². The first kappa shape index (κ1) is 30.4. The molecule has 0 aliphatic rings. The molecule has 0 aliphatic carbocycles. The zero-order valence-corrected chi connectivity index (χ0v) is 22.7. The van der Waals surface area contributed by atoms with E-state index in [-0.39, 0.29) is 44.0 Å². The third-order valence-electron chi connectivity index (χ3n) is 5.22. The highest BCUT2D eigenvalue weighted by Gasteiger charge is 2.25. The maximum Gasteiger partial charge on any atom is 0.407 e. The van der Waals surface area contributed by atoms with Crippen molar-refractivity contribution in [2.45, 2.75) is 72.6 Å². The quantitative estimate of drug-likeness (QED) is 0.301. The Hall–Kier alpha value is -2.66. The number of hydrogen-bond donors (Lipinski definition) is 4. The molecule has 0 radical (unpaired) electrons. The average Bonchev–Trinajstić information content (AvgIpc) is 3.27. The minimum atomic E-state index is -0.849. The van der Waals surface area contributed by atoms with Gasteiger partial charge in [-0.25, -0.2) is 14.6 Å². The summed E-state index contributed by atoms with van der Waals surface area (Å²) in [5, 5.41) is 21.0. The predicted molar refractivity (Wildman–Crippen MR) is 137 cm³/mol. The van der Waals surface area contributed by atoms with Crippen LogP contribution in [0.3, 0.4) is 0 Å². The minimum absolute atomic E-state index is 0.00781. The molecule has 0 saturated carbocycles. The summed E-state index contributed by atoms with van der Waals surface area (Å²) >= 11 is 1.57. The predicted octanol–water partition coefficient (Wildman–Crippen LogP) is 2.99. The van der Waals surface area contributed by atoms with Gasteiger partial charge in [0.25, 0.3) is 0 Å². The molecule has 10 nitrogen and oxygen atoms in total. The van der Waals surface area contributed by atoms with Crippen molar-refractivity contribution in [1.82, 2.24) is 25.8 Å². The van der Waals surface area contributed by atoms with Gasteiger partial charge in [0, 0.05) is 31.4 Å². The van der Waals surface area contributed by atoms with Crippen LogP contribution in [-0.2, 0) is 16.1 Å². The summed E-state index contributed by atoms with van der Waals surface area (Å²) in [6.45, 7) is 12.3. The highest BCUT2D eigenvalue weighted by atomic mass is 32.1. The number of urea groups is 1. The van der Waals surface area contributed by atoms with Crippen molar-refractivity contribution in [1.29, 1.82) is 0 Å². The zero-order valence-electron chi connectivity index (χ0n) is 21.9. The van der Waals surface area contributed by atoms with Crippen molar-refractivity contribution >= 4 is 29.4 Å². The molecule has 198 valence electrons. The van der Waals surface area contributed by atoms with E-state index in [9.17, 15) is 19.5 Å². The number of aromatic nitrogens is 1. The van der Waals surface area contributed by atoms with Crippen LogP contribution >= 0.6 is 11.3 Å². The van der Waals surface area contributed by atoms with E-state index in [2.05, 4.69) is 34.8 Å². The molecule has 1 heterocycles. The Morgan fingerprint density at radius 3 is 2.49 bits per heavy atom. The molecule has 2 atom stereocenters. The van der Waals surface area contributed by atoms with Crippen LogP contribution in [0, 0.1) is 5.92 Å². The third-order valence-corrected chi connectivity index (χ3v) is 6.41. The molecule has 35 heavy (non-hydrogen) atoms. The molecule has 1 rings (SSSR count). The van der Waals surface area contributed by atoms with E-state index in [0.29, 0.717) is 12.5 Å². The number of nitrogens with zero attached hydrogens (tertiary/aromatic N) is 2. The van der Waals surface area contributed by atoms with Gasteiger partial charge in [-0.3, -0.25) is 4.79 Å². The highest BCUT2D eigenvalue weighted by Crippen LogP contribution is 2.19. The first-order valence-corrected chi connectivity index (χ1v) is 12.8. The largest absolute Gasteiger partial charge is 0.445 e. The Morgan fingerprint density at radius 1 is 1.23 bits per heavy atom. The van der Waals surface area contributed by atoms with Gasteiger partial charge in [0.1, 0.15) is 12.6 Å². The van der Waals surface area contributed by atoms with E-state index in [1.54, 1.807) is 18.4 Å². The van der Waals surface area contributed by atoms with Crippen molar-refractivity contribution in [2.75, 3.05) is 26.7 Å². The second kappa shape index (κ2) is 15.4. The van der Waals surface area contributed by atoms with E-state index >= 15 is 0 Å². The molecule has 1 aromatic heterocycles. The normalized spacial score (nSPS) is 13.4. The number of amides is 4. The molecule has 4 N–H and O–H groups in total.